The monoisotopic (exact) mass is 229 g/mol. The van der Waals surface area contributed by atoms with Crippen LogP contribution in [0.4, 0.5) is 0 Å². The number of carbonyl (C=O) groups is 3. The molecule has 0 aromatic heterocycles. The Bertz CT molecular complexity index is 538. The Hall–Kier alpha value is -2.59. The van der Waals surface area contributed by atoms with Gasteiger partial charge < -0.3 is 5.53 Å². The van der Waals surface area contributed by atoms with E-state index >= 15 is 0 Å². The number of benzene rings is 1. The van der Waals surface area contributed by atoms with Gasteiger partial charge in [0.25, 0.3) is 17.6 Å². The van der Waals surface area contributed by atoms with Gasteiger partial charge in [0, 0.05) is 0 Å². The van der Waals surface area contributed by atoms with Crippen LogP contribution in [0.25, 0.3) is 5.53 Å². The molecule has 0 bridgehead atoms. The summed E-state index contributed by atoms with van der Waals surface area (Å²) in [4.78, 5) is 38.2. The Balaban J connectivity index is 2.30. The van der Waals surface area contributed by atoms with E-state index < -0.39 is 24.1 Å². The van der Waals surface area contributed by atoms with Crippen LogP contribution in [0.1, 0.15) is 20.7 Å². The first-order valence-electron chi connectivity index (χ1n) is 4.80. The highest BCUT2D eigenvalue weighted by Crippen LogP contribution is 2.21. The summed E-state index contributed by atoms with van der Waals surface area (Å²) in [7, 11) is 0. The molecule has 0 N–H and O–H groups in total. The molecule has 0 aliphatic carbocycles. The molecule has 1 aliphatic rings. The van der Waals surface area contributed by atoms with Crippen molar-refractivity contribution in [3.63, 3.8) is 0 Å². The fourth-order valence-corrected chi connectivity index (χ4v) is 1.64. The van der Waals surface area contributed by atoms with E-state index in [-0.39, 0.29) is 11.1 Å². The molecule has 2 amide bonds. The molecule has 0 unspecified atom stereocenters. The maximum Gasteiger partial charge on any atom is 0.325 e. The standard InChI is InChI=1S/C11H7N3O3/c12-13-5-7(15)6-14-10(16)8-3-1-2-4-9(8)11(14)17/h1-5H,6H2. The van der Waals surface area contributed by atoms with E-state index in [0.717, 1.165) is 4.90 Å². The molecule has 2 rings (SSSR count). The molecule has 0 saturated heterocycles. The van der Waals surface area contributed by atoms with Crippen LogP contribution in [0.3, 0.4) is 0 Å². The number of hydrogen-bond acceptors (Lipinski definition) is 3. The number of ketones is 1. The Morgan fingerprint density at radius 3 is 2.24 bits per heavy atom. The van der Waals surface area contributed by atoms with Gasteiger partial charge >= 0.3 is 6.21 Å². The number of amides is 2. The summed E-state index contributed by atoms with van der Waals surface area (Å²) in [6.07, 6.45) is 0.656. The number of imide groups is 1. The molecule has 6 nitrogen and oxygen atoms in total. The lowest BCUT2D eigenvalue weighted by Gasteiger charge is -2.09. The number of fused-ring (bicyclic) bond motifs is 1. The van der Waals surface area contributed by atoms with Crippen molar-refractivity contribution in [1.82, 2.24) is 4.90 Å². The van der Waals surface area contributed by atoms with Gasteiger partial charge in [-0.05, 0) is 12.1 Å². The molecule has 1 aliphatic heterocycles. The average Bonchev–Trinajstić information content (AvgIpc) is 2.56. The van der Waals surface area contributed by atoms with Crippen molar-refractivity contribution in [1.29, 1.82) is 0 Å². The van der Waals surface area contributed by atoms with Crippen molar-refractivity contribution in [2.45, 2.75) is 0 Å². The third-order valence-corrected chi connectivity index (χ3v) is 2.39. The van der Waals surface area contributed by atoms with Crippen LogP contribution in [0.15, 0.2) is 24.3 Å². The highest BCUT2D eigenvalue weighted by atomic mass is 16.2. The largest absolute Gasteiger partial charge is 0.361 e. The summed E-state index contributed by atoms with van der Waals surface area (Å²) in [6.45, 7) is -0.420. The van der Waals surface area contributed by atoms with Gasteiger partial charge in [-0.2, -0.15) is 4.79 Å². The predicted octanol–water partition coefficient (Wildman–Crippen LogP) is 0.152. The third kappa shape index (κ3) is 1.77. The smallest absolute Gasteiger partial charge is 0.325 e. The number of nitrogens with zero attached hydrogens (tertiary/aromatic N) is 3. The summed E-state index contributed by atoms with van der Waals surface area (Å²) >= 11 is 0. The van der Waals surface area contributed by atoms with Crippen LogP contribution in [-0.4, -0.2) is 40.0 Å². The first kappa shape index (κ1) is 10.9. The molecule has 17 heavy (non-hydrogen) atoms. The van der Waals surface area contributed by atoms with Crippen LogP contribution in [0.5, 0.6) is 0 Å². The van der Waals surface area contributed by atoms with Gasteiger partial charge in [-0.1, -0.05) is 12.1 Å². The average molecular weight is 229 g/mol. The second-order valence-electron chi connectivity index (χ2n) is 3.45. The van der Waals surface area contributed by atoms with Gasteiger partial charge in [-0.25, -0.2) is 0 Å². The quantitative estimate of drug-likeness (QED) is 0.320. The lowest BCUT2D eigenvalue weighted by Crippen LogP contribution is -2.35. The molecule has 0 atom stereocenters. The van der Waals surface area contributed by atoms with Gasteiger partial charge in [0.1, 0.15) is 0 Å². The van der Waals surface area contributed by atoms with Crippen LogP contribution >= 0.6 is 0 Å². The molecule has 1 aromatic carbocycles. The minimum Gasteiger partial charge on any atom is -0.361 e. The van der Waals surface area contributed by atoms with Crippen molar-refractivity contribution in [2.75, 3.05) is 6.54 Å². The van der Waals surface area contributed by atoms with Gasteiger partial charge in [-0.3, -0.25) is 19.3 Å². The molecule has 0 saturated carbocycles. The number of rotatable bonds is 3. The van der Waals surface area contributed by atoms with Crippen LogP contribution in [-0.2, 0) is 4.79 Å². The van der Waals surface area contributed by atoms with Crippen molar-refractivity contribution in [2.24, 2.45) is 0 Å². The molecule has 0 radical (unpaired) electrons. The van der Waals surface area contributed by atoms with Gasteiger partial charge in [0.15, 0.2) is 0 Å². The van der Waals surface area contributed by atoms with Gasteiger partial charge in [-0.15, -0.1) is 0 Å². The van der Waals surface area contributed by atoms with Gasteiger partial charge in [0.05, 0.1) is 17.7 Å². The van der Waals surface area contributed by atoms with Crippen molar-refractivity contribution in [3.8, 4) is 0 Å². The van der Waals surface area contributed by atoms with E-state index in [4.69, 9.17) is 5.53 Å². The normalized spacial score (nSPS) is 13.3. The van der Waals surface area contributed by atoms with Crippen molar-refractivity contribution < 1.29 is 19.2 Å². The van der Waals surface area contributed by atoms with E-state index in [1.54, 1.807) is 12.1 Å². The maximum absolute atomic E-state index is 11.8. The molecule has 0 fully saturated rings. The summed E-state index contributed by atoms with van der Waals surface area (Å²) in [6, 6.07) is 6.34. The van der Waals surface area contributed by atoms with Crippen LogP contribution in [0.2, 0.25) is 0 Å². The number of carbonyl (C=O) groups excluding carboxylic acids is 3. The van der Waals surface area contributed by atoms with E-state index in [1.165, 1.54) is 12.1 Å². The second kappa shape index (κ2) is 4.11. The highest BCUT2D eigenvalue weighted by molar-refractivity contribution is 6.30. The summed E-state index contributed by atoms with van der Waals surface area (Å²) < 4.78 is 0. The first-order valence-corrected chi connectivity index (χ1v) is 4.80. The minimum absolute atomic E-state index is 0.284. The Morgan fingerprint density at radius 1 is 1.24 bits per heavy atom. The molecule has 0 spiro atoms. The molecule has 6 heteroatoms. The molecular weight excluding hydrogens is 222 g/mol. The predicted molar refractivity (Wildman–Crippen MR) is 56.5 cm³/mol. The van der Waals surface area contributed by atoms with Gasteiger partial charge in [0.2, 0.25) is 0 Å². The molecule has 1 heterocycles. The fraction of sp³-hybridized carbons (Fsp3) is 0.0909. The zero-order chi connectivity index (χ0) is 12.4. The first-order chi connectivity index (χ1) is 8.15. The lowest BCUT2D eigenvalue weighted by atomic mass is 10.1. The Morgan fingerprint density at radius 2 is 1.76 bits per heavy atom. The summed E-state index contributed by atoms with van der Waals surface area (Å²) in [5.41, 5.74) is 8.74. The van der Waals surface area contributed by atoms with E-state index in [9.17, 15) is 14.4 Å². The Labute approximate surface area is 96.1 Å². The SMILES string of the molecule is [N-]=[N+]=CC(=O)CN1C(=O)c2ccccc2C1=O. The van der Waals surface area contributed by atoms with E-state index in [2.05, 4.69) is 4.79 Å². The zero-order valence-corrected chi connectivity index (χ0v) is 8.66. The van der Waals surface area contributed by atoms with Crippen LogP contribution < -0.4 is 0 Å². The lowest BCUT2D eigenvalue weighted by molar-refractivity contribution is -0.116. The zero-order valence-electron chi connectivity index (χ0n) is 8.66. The number of Topliss-reactive ketones (excluding diaryl/α,β-unsaturated/α-hetero) is 1. The van der Waals surface area contributed by atoms with E-state index in [0.29, 0.717) is 6.21 Å². The number of hydrogen-bond donors (Lipinski definition) is 0. The van der Waals surface area contributed by atoms with Crippen molar-refractivity contribution in [3.05, 3.63) is 40.9 Å². The summed E-state index contributed by atoms with van der Waals surface area (Å²) in [5.74, 6) is -1.64. The van der Waals surface area contributed by atoms with Crippen molar-refractivity contribution >= 4 is 23.8 Å². The van der Waals surface area contributed by atoms with Crippen LogP contribution in [0, 0.1) is 0 Å². The molecular formula is C11H7N3O3. The minimum atomic E-state index is -0.623. The topological polar surface area (TPSA) is 90.8 Å². The maximum atomic E-state index is 11.8. The second-order valence-corrected chi connectivity index (χ2v) is 3.45. The summed E-state index contributed by atoms with van der Waals surface area (Å²) in [5, 5.41) is 0. The molecule has 84 valence electrons. The third-order valence-electron chi connectivity index (χ3n) is 2.39. The highest BCUT2D eigenvalue weighted by Gasteiger charge is 2.36. The van der Waals surface area contributed by atoms with E-state index in [1.807, 2.05) is 0 Å². The Kier molecular flexibility index (Phi) is 2.64. The fourth-order valence-electron chi connectivity index (χ4n) is 1.64. The molecule has 1 aromatic rings.